The monoisotopic (exact) mass is 300 g/mol. The maximum Gasteiger partial charge on any atom is 0.306 e. The summed E-state index contributed by atoms with van der Waals surface area (Å²) in [6, 6.07) is 0. The summed E-state index contributed by atoms with van der Waals surface area (Å²) in [6.45, 7) is 3.78. The standard InChI is InChI=1S/C15H28N2O4/c1-20-12-11-16(10-7-15(19)21-2)13-14(18)17-8-5-3-4-6-9-17/h3-13H2,1-2H3. The zero-order chi connectivity index (χ0) is 15.5. The zero-order valence-electron chi connectivity index (χ0n) is 13.3. The van der Waals surface area contributed by atoms with Crippen molar-refractivity contribution in [2.75, 3.05) is 53.6 Å². The number of esters is 1. The minimum Gasteiger partial charge on any atom is -0.469 e. The average molecular weight is 300 g/mol. The minimum absolute atomic E-state index is 0.151. The second-order valence-electron chi connectivity index (χ2n) is 5.39. The predicted octanol–water partition coefficient (Wildman–Crippen LogP) is 0.901. The second-order valence-corrected chi connectivity index (χ2v) is 5.39. The van der Waals surface area contributed by atoms with Gasteiger partial charge in [-0.15, -0.1) is 0 Å². The smallest absolute Gasteiger partial charge is 0.306 e. The molecule has 6 nitrogen and oxygen atoms in total. The van der Waals surface area contributed by atoms with Crippen LogP contribution in [0, 0.1) is 0 Å². The first-order valence-corrected chi connectivity index (χ1v) is 7.73. The van der Waals surface area contributed by atoms with E-state index >= 15 is 0 Å². The van der Waals surface area contributed by atoms with E-state index in [1.54, 1.807) is 7.11 Å². The molecule has 1 saturated heterocycles. The fourth-order valence-corrected chi connectivity index (χ4v) is 2.45. The third-order valence-corrected chi connectivity index (χ3v) is 3.79. The van der Waals surface area contributed by atoms with E-state index in [0.29, 0.717) is 32.7 Å². The van der Waals surface area contributed by atoms with Gasteiger partial charge in [-0.1, -0.05) is 12.8 Å². The molecule has 0 atom stereocenters. The topological polar surface area (TPSA) is 59.1 Å². The number of rotatable bonds is 8. The van der Waals surface area contributed by atoms with Gasteiger partial charge in [0.25, 0.3) is 0 Å². The molecule has 1 heterocycles. The second kappa shape index (κ2) is 10.6. The van der Waals surface area contributed by atoms with Gasteiger partial charge in [-0.3, -0.25) is 14.5 Å². The molecule has 1 amide bonds. The maximum atomic E-state index is 12.4. The molecule has 0 radical (unpaired) electrons. The Morgan fingerprint density at radius 1 is 1.05 bits per heavy atom. The lowest BCUT2D eigenvalue weighted by Crippen LogP contribution is -2.42. The molecule has 1 aliphatic heterocycles. The highest BCUT2D eigenvalue weighted by molar-refractivity contribution is 5.78. The number of methoxy groups -OCH3 is 2. The lowest BCUT2D eigenvalue weighted by molar-refractivity contribution is -0.141. The Balaban J connectivity index is 2.44. The lowest BCUT2D eigenvalue weighted by atomic mass is 10.2. The molecule has 6 heteroatoms. The fourth-order valence-electron chi connectivity index (χ4n) is 2.45. The van der Waals surface area contributed by atoms with E-state index in [1.807, 2.05) is 9.80 Å². The normalized spacial score (nSPS) is 15.9. The summed E-state index contributed by atoms with van der Waals surface area (Å²) < 4.78 is 9.72. The molecule has 1 aliphatic rings. The van der Waals surface area contributed by atoms with Crippen LogP contribution in [0.5, 0.6) is 0 Å². The Hall–Kier alpha value is -1.14. The van der Waals surface area contributed by atoms with Crippen molar-refractivity contribution in [2.24, 2.45) is 0 Å². The Kier molecular flexibility index (Phi) is 9.01. The van der Waals surface area contributed by atoms with Crippen LogP contribution >= 0.6 is 0 Å². The van der Waals surface area contributed by atoms with Gasteiger partial charge in [-0.25, -0.2) is 0 Å². The fraction of sp³-hybridized carbons (Fsp3) is 0.867. The van der Waals surface area contributed by atoms with E-state index in [9.17, 15) is 9.59 Å². The molecule has 0 aromatic rings. The SMILES string of the molecule is COCCN(CCC(=O)OC)CC(=O)N1CCCCCC1. The number of carbonyl (C=O) groups excluding carboxylic acids is 2. The Labute approximate surface area is 127 Å². The van der Waals surface area contributed by atoms with Crippen LogP contribution in [-0.4, -0.2) is 75.2 Å². The lowest BCUT2D eigenvalue weighted by Gasteiger charge is -2.26. The number of hydrogen-bond donors (Lipinski definition) is 0. The van der Waals surface area contributed by atoms with Gasteiger partial charge >= 0.3 is 5.97 Å². The Morgan fingerprint density at radius 2 is 1.71 bits per heavy atom. The van der Waals surface area contributed by atoms with Gasteiger partial charge in [0.1, 0.15) is 0 Å². The van der Waals surface area contributed by atoms with Crippen LogP contribution < -0.4 is 0 Å². The van der Waals surface area contributed by atoms with Crippen molar-refractivity contribution < 1.29 is 19.1 Å². The van der Waals surface area contributed by atoms with Gasteiger partial charge in [0.15, 0.2) is 0 Å². The molecule has 0 aliphatic carbocycles. The molecule has 21 heavy (non-hydrogen) atoms. The zero-order valence-corrected chi connectivity index (χ0v) is 13.3. The maximum absolute atomic E-state index is 12.4. The van der Waals surface area contributed by atoms with Crippen LogP contribution in [0.2, 0.25) is 0 Å². The molecule has 0 aromatic heterocycles. The highest BCUT2D eigenvalue weighted by Gasteiger charge is 2.19. The largest absolute Gasteiger partial charge is 0.469 e. The van der Waals surface area contributed by atoms with Crippen LogP contribution in [0.4, 0.5) is 0 Å². The van der Waals surface area contributed by atoms with Crippen LogP contribution in [0.25, 0.3) is 0 Å². The van der Waals surface area contributed by atoms with E-state index in [1.165, 1.54) is 20.0 Å². The number of hydrogen-bond acceptors (Lipinski definition) is 5. The van der Waals surface area contributed by atoms with Crippen molar-refractivity contribution in [1.29, 1.82) is 0 Å². The van der Waals surface area contributed by atoms with Crippen molar-refractivity contribution in [3.63, 3.8) is 0 Å². The van der Waals surface area contributed by atoms with Gasteiger partial charge in [0, 0.05) is 33.3 Å². The Morgan fingerprint density at radius 3 is 2.29 bits per heavy atom. The van der Waals surface area contributed by atoms with Crippen molar-refractivity contribution in [2.45, 2.75) is 32.1 Å². The third kappa shape index (κ3) is 7.43. The van der Waals surface area contributed by atoms with Crippen molar-refractivity contribution in [1.82, 2.24) is 9.80 Å². The van der Waals surface area contributed by atoms with Crippen molar-refractivity contribution >= 4 is 11.9 Å². The highest BCUT2D eigenvalue weighted by Crippen LogP contribution is 2.10. The van der Waals surface area contributed by atoms with Crippen molar-refractivity contribution in [3.8, 4) is 0 Å². The van der Waals surface area contributed by atoms with Gasteiger partial charge < -0.3 is 14.4 Å². The summed E-state index contributed by atoms with van der Waals surface area (Å²) in [4.78, 5) is 27.5. The van der Waals surface area contributed by atoms with Gasteiger partial charge in [0.05, 0.1) is 26.7 Å². The molecular formula is C15H28N2O4. The number of amides is 1. The summed E-state index contributed by atoms with van der Waals surface area (Å²) in [7, 11) is 3.01. The molecule has 1 fully saturated rings. The van der Waals surface area contributed by atoms with Crippen LogP contribution in [0.1, 0.15) is 32.1 Å². The molecule has 0 aromatic carbocycles. The first kappa shape index (κ1) is 17.9. The van der Waals surface area contributed by atoms with Crippen LogP contribution in [-0.2, 0) is 19.1 Å². The van der Waals surface area contributed by atoms with Gasteiger partial charge in [-0.05, 0) is 12.8 Å². The molecule has 1 rings (SSSR count). The van der Waals surface area contributed by atoms with Gasteiger partial charge in [-0.2, -0.15) is 0 Å². The summed E-state index contributed by atoms with van der Waals surface area (Å²) in [5.41, 5.74) is 0. The van der Waals surface area contributed by atoms with E-state index in [0.717, 1.165) is 25.9 Å². The number of nitrogens with zero attached hydrogens (tertiary/aromatic N) is 2. The highest BCUT2D eigenvalue weighted by atomic mass is 16.5. The summed E-state index contributed by atoms with van der Waals surface area (Å²) >= 11 is 0. The van der Waals surface area contributed by atoms with Crippen LogP contribution in [0.15, 0.2) is 0 Å². The van der Waals surface area contributed by atoms with Crippen molar-refractivity contribution in [3.05, 3.63) is 0 Å². The molecule has 0 saturated carbocycles. The number of ether oxygens (including phenoxy) is 2. The average Bonchev–Trinajstić information content (AvgIpc) is 2.78. The number of carbonyl (C=O) groups is 2. The predicted molar refractivity (Wildman–Crippen MR) is 80.0 cm³/mol. The first-order valence-electron chi connectivity index (χ1n) is 7.73. The van der Waals surface area contributed by atoms with E-state index in [2.05, 4.69) is 4.74 Å². The van der Waals surface area contributed by atoms with Gasteiger partial charge in [0.2, 0.25) is 5.91 Å². The van der Waals surface area contributed by atoms with E-state index < -0.39 is 0 Å². The minimum atomic E-state index is -0.250. The first-order chi connectivity index (χ1) is 10.2. The van der Waals surface area contributed by atoms with E-state index in [4.69, 9.17) is 4.74 Å². The third-order valence-electron chi connectivity index (χ3n) is 3.79. The summed E-state index contributed by atoms with van der Waals surface area (Å²) in [6.07, 6.45) is 4.89. The number of likely N-dealkylation sites (tertiary alicyclic amines) is 1. The summed E-state index contributed by atoms with van der Waals surface area (Å²) in [5.74, 6) is -0.0995. The molecule has 0 bridgehead atoms. The molecule has 0 unspecified atom stereocenters. The quantitative estimate of drug-likeness (QED) is 0.623. The summed E-state index contributed by atoms with van der Waals surface area (Å²) in [5, 5.41) is 0. The molecule has 122 valence electrons. The van der Waals surface area contributed by atoms with E-state index in [-0.39, 0.29) is 11.9 Å². The van der Waals surface area contributed by atoms with Crippen LogP contribution in [0.3, 0.4) is 0 Å². The molecular weight excluding hydrogens is 272 g/mol. The molecule has 0 N–H and O–H groups in total. The molecule has 0 spiro atoms. The Bertz CT molecular complexity index is 315.